The van der Waals surface area contributed by atoms with Gasteiger partial charge in [-0.1, -0.05) is 29.8 Å². The van der Waals surface area contributed by atoms with E-state index >= 15 is 0 Å². The van der Waals surface area contributed by atoms with Crippen LogP contribution in [0.2, 0.25) is 0 Å². The molecule has 1 heterocycles. The number of anilines is 1. The van der Waals surface area contributed by atoms with E-state index in [1.165, 1.54) is 0 Å². The van der Waals surface area contributed by atoms with E-state index in [0.29, 0.717) is 18.9 Å². The number of nitrogens with one attached hydrogen (secondary N) is 1. The molecule has 1 N–H and O–H groups in total. The van der Waals surface area contributed by atoms with Gasteiger partial charge >= 0.3 is 0 Å². The minimum atomic E-state index is -0.250. The summed E-state index contributed by atoms with van der Waals surface area (Å²) in [5.41, 5.74) is 1.84. The van der Waals surface area contributed by atoms with Crippen molar-refractivity contribution >= 4 is 33.4 Å². The molecule has 0 aliphatic carbocycles. The number of carbonyl (C=O) groups excluding carboxylic acids is 2. The molecule has 1 aromatic rings. The highest BCUT2D eigenvalue weighted by molar-refractivity contribution is 9.10. The normalized spacial score (nSPS) is 18.4. The molecule has 1 unspecified atom stereocenters. The second kappa shape index (κ2) is 6.60. The summed E-state index contributed by atoms with van der Waals surface area (Å²) < 4.78 is 1.01. The average Bonchev–Trinajstić information content (AvgIpc) is 2.75. The minimum Gasteiger partial charge on any atom is -0.342 e. The summed E-state index contributed by atoms with van der Waals surface area (Å²) in [6.07, 6.45) is 0.314. The summed E-state index contributed by atoms with van der Waals surface area (Å²) in [5, 5.41) is 2.91. The van der Waals surface area contributed by atoms with Crippen molar-refractivity contribution in [3.63, 3.8) is 0 Å². The topological polar surface area (TPSA) is 49.4 Å². The first-order valence-electron chi connectivity index (χ1n) is 7.21. The highest BCUT2D eigenvalue weighted by atomic mass is 79.9. The Morgan fingerprint density at radius 3 is 2.81 bits per heavy atom. The van der Waals surface area contributed by atoms with Crippen LogP contribution in [0.15, 0.2) is 22.7 Å². The molecule has 4 nitrogen and oxygen atoms in total. The van der Waals surface area contributed by atoms with E-state index in [4.69, 9.17) is 0 Å². The Kier molecular flexibility index (Phi) is 5.04. The number of nitrogens with zero attached hydrogens (tertiary/aromatic N) is 1. The van der Waals surface area contributed by atoms with Gasteiger partial charge in [-0.15, -0.1) is 0 Å². The Balaban J connectivity index is 1.98. The smallest absolute Gasteiger partial charge is 0.229 e. The van der Waals surface area contributed by atoms with E-state index in [1.807, 2.05) is 25.1 Å². The van der Waals surface area contributed by atoms with Gasteiger partial charge in [0.05, 0.1) is 5.92 Å². The van der Waals surface area contributed by atoms with E-state index < -0.39 is 0 Å². The summed E-state index contributed by atoms with van der Waals surface area (Å²) in [7, 11) is 0. The van der Waals surface area contributed by atoms with Crippen LogP contribution < -0.4 is 5.32 Å². The second-order valence-electron chi connectivity index (χ2n) is 6.05. The lowest BCUT2D eigenvalue weighted by molar-refractivity contribution is -0.128. The van der Waals surface area contributed by atoms with Crippen LogP contribution in [0.5, 0.6) is 0 Å². The maximum absolute atomic E-state index is 12.3. The molecular formula is C16H21BrN2O2. The number of aryl methyl sites for hydroxylation is 1. The van der Waals surface area contributed by atoms with Crippen molar-refractivity contribution in [2.45, 2.75) is 27.2 Å². The molecule has 1 aromatic carbocycles. The molecule has 114 valence electrons. The standard InChI is InChI=1S/C16H21BrN2O2/c1-10(2)8-19-9-12(7-15(19)20)16(21)18-13-4-5-14(17)11(3)6-13/h4-6,10,12H,7-9H2,1-3H3,(H,18,21). The summed E-state index contributed by atoms with van der Waals surface area (Å²) >= 11 is 3.44. The van der Waals surface area contributed by atoms with Crippen LogP contribution in [0, 0.1) is 18.8 Å². The summed E-state index contributed by atoms with van der Waals surface area (Å²) in [6.45, 7) is 7.37. The first-order valence-corrected chi connectivity index (χ1v) is 8.01. The van der Waals surface area contributed by atoms with E-state index in [-0.39, 0.29) is 17.7 Å². The monoisotopic (exact) mass is 352 g/mol. The highest BCUT2D eigenvalue weighted by Crippen LogP contribution is 2.23. The fourth-order valence-corrected chi connectivity index (χ4v) is 2.78. The van der Waals surface area contributed by atoms with E-state index in [9.17, 15) is 9.59 Å². The highest BCUT2D eigenvalue weighted by Gasteiger charge is 2.34. The largest absolute Gasteiger partial charge is 0.342 e. The number of benzene rings is 1. The molecular weight excluding hydrogens is 332 g/mol. The maximum Gasteiger partial charge on any atom is 0.229 e. The quantitative estimate of drug-likeness (QED) is 0.904. The SMILES string of the molecule is Cc1cc(NC(=O)C2CC(=O)N(CC(C)C)C2)ccc1Br. The molecule has 1 fully saturated rings. The molecule has 0 spiro atoms. The van der Waals surface area contributed by atoms with Gasteiger partial charge in [0.25, 0.3) is 0 Å². The van der Waals surface area contributed by atoms with Crippen LogP contribution in [0.1, 0.15) is 25.8 Å². The number of hydrogen-bond donors (Lipinski definition) is 1. The predicted octanol–water partition coefficient (Wildman–Crippen LogP) is 3.20. The van der Waals surface area contributed by atoms with Crippen molar-refractivity contribution in [2.75, 3.05) is 18.4 Å². The maximum atomic E-state index is 12.3. The first-order chi connectivity index (χ1) is 9.86. The van der Waals surface area contributed by atoms with Crippen LogP contribution in [-0.4, -0.2) is 29.8 Å². The molecule has 1 aliphatic rings. The summed E-state index contributed by atoms with van der Waals surface area (Å²) in [4.78, 5) is 26.0. The third-order valence-corrected chi connectivity index (χ3v) is 4.49. The number of halogens is 1. The average molecular weight is 353 g/mol. The molecule has 1 aliphatic heterocycles. The van der Waals surface area contributed by atoms with Gasteiger partial charge in [0.2, 0.25) is 11.8 Å². The fourth-order valence-electron chi connectivity index (χ4n) is 2.53. The third-order valence-electron chi connectivity index (χ3n) is 3.60. The summed E-state index contributed by atoms with van der Waals surface area (Å²) in [6, 6.07) is 5.69. The minimum absolute atomic E-state index is 0.0728. The van der Waals surface area contributed by atoms with E-state index in [1.54, 1.807) is 4.90 Å². The number of hydrogen-bond acceptors (Lipinski definition) is 2. The van der Waals surface area contributed by atoms with Crippen molar-refractivity contribution in [1.82, 2.24) is 4.90 Å². The molecule has 0 bridgehead atoms. The van der Waals surface area contributed by atoms with Crippen LogP contribution in [-0.2, 0) is 9.59 Å². The molecule has 0 saturated carbocycles. The lowest BCUT2D eigenvalue weighted by atomic mass is 10.1. The zero-order chi connectivity index (χ0) is 15.6. The Morgan fingerprint density at radius 2 is 2.19 bits per heavy atom. The van der Waals surface area contributed by atoms with Crippen LogP contribution >= 0.6 is 15.9 Å². The van der Waals surface area contributed by atoms with Gasteiger partial charge in [-0.2, -0.15) is 0 Å². The fraction of sp³-hybridized carbons (Fsp3) is 0.500. The van der Waals surface area contributed by atoms with Crippen molar-refractivity contribution in [3.8, 4) is 0 Å². The van der Waals surface area contributed by atoms with Gasteiger partial charge < -0.3 is 10.2 Å². The second-order valence-corrected chi connectivity index (χ2v) is 6.90. The van der Waals surface area contributed by atoms with Gasteiger partial charge in [-0.25, -0.2) is 0 Å². The van der Waals surface area contributed by atoms with Crippen LogP contribution in [0.4, 0.5) is 5.69 Å². The molecule has 21 heavy (non-hydrogen) atoms. The molecule has 0 aromatic heterocycles. The third kappa shape index (κ3) is 4.06. The Bertz CT molecular complexity index is 557. The van der Waals surface area contributed by atoms with E-state index in [0.717, 1.165) is 22.3 Å². The van der Waals surface area contributed by atoms with Crippen LogP contribution in [0.25, 0.3) is 0 Å². The van der Waals surface area contributed by atoms with Gasteiger partial charge in [0, 0.05) is 29.7 Å². The van der Waals surface area contributed by atoms with E-state index in [2.05, 4.69) is 35.1 Å². The number of amides is 2. The number of carbonyl (C=O) groups is 2. The zero-order valence-corrected chi connectivity index (χ0v) is 14.2. The van der Waals surface area contributed by atoms with Crippen molar-refractivity contribution in [3.05, 3.63) is 28.2 Å². The van der Waals surface area contributed by atoms with Crippen molar-refractivity contribution < 1.29 is 9.59 Å². The molecule has 2 rings (SSSR count). The number of rotatable bonds is 4. The van der Waals surface area contributed by atoms with Gasteiger partial charge in [0.15, 0.2) is 0 Å². The molecule has 0 radical (unpaired) electrons. The molecule has 1 saturated heterocycles. The lowest BCUT2D eigenvalue weighted by Gasteiger charge is -2.18. The predicted molar refractivity (Wildman–Crippen MR) is 87.0 cm³/mol. The first kappa shape index (κ1) is 16.0. The van der Waals surface area contributed by atoms with Gasteiger partial charge in [-0.3, -0.25) is 9.59 Å². The van der Waals surface area contributed by atoms with Crippen molar-refractivity contribution in [2.24, 2.45) is 11.8 Å². The molecule has 5 heteroatoms. The lowest BCUT2D eigenvalue weighted by Crippen LogP contribution is -2.31. The van der Waals surface area contributed by atoms with Crippen LogP contribution in [0.3, 0.4) is 0 Å². The number of likely N-dealkylation sites (tertiary alicyclic amines) is 1. The Hall–Kier alpha value is -1.36. The Labute approximate surface area is 134 Å². The molecule has 1 atom stereocenters. The van der Waals surface area contributed by atoms with Gasteiger partial charge in [0.1, 0.15) is 0 Å². The zero-order valence-electron chi connectivity index (χ0n) is 12.6. The van der Waals surface area contributed by atoms with Gasteiger partial charge in [-0.05, 0) is 36.6 Å². The van der Waals surface area contributed by atoms with Crippen molar-refractivity contribution in [1.29, 1.82) is 0 Å². The Morgan fingerprint density at radius 1 is 1.48 bits per heavy atom. The summed E-state index contributed by atoms with van der Waals surface area (Å²) in [5.74, 6) is 0.178. The molecule has 2 amide bonds.